The lowest BCUT2D eigenvalue weighted by Gasteiger charge is -2.06. The fourth-order valence-corrected chi connectivity index (χ4v) is 3.18. The number of nitrogens with zero attached hydrogens (tertiary/aromatic N) is 5. The van der Waals surface area contributed by atoms with E-state index in [4.69, 9.17) is 15.1 Å². The Morgan fingerprint density at radius 2 is 1.93 bits per heavy atom. The predicted molar refractivity (Wildman–Crippen MR) is 105 cm³/mol. The summed E-state index contributed by atoms with van der Waals surface area (Å²) in [6.45, 7) is 1.75. The van der Waals surface area contributed by atoms with Crippen molar-refractivity contribution in [2.75, 3.05) is 5.84 Å². The van der Waals surface area contributed by atoms with E-state index in [9.17, 15) is 8.78 Å². The molecule has 0 atom stereocenters. The summed E-state index contributed by atoms with van der Waals surface area (Å²) in [6.07, 6.45) is 0. The zero-order valence-corrected chi connectivity index (χ0v) is 16.6. The summed E-state index contributed by atoms with van der Waals surface area (Å²) in [5.41, 5.74) is 1.07. The molecule has 0 aliphatic carbocycles. The fourth-order valence-electron chi connectivity index (χ4n) is 2.47. The molecule has 0 unspecified atom stereocenters. The molecule has 0 aliphatic rings. The molecule has 30 heavy (non-hydrogen) atoms. The van der Waals surface area contributed by atoms with Crippen LogP contribution in [0.3, 0.4) is 0 Å². The summed E-state index contributed by atoms with van der Waals surface area (Å²) in [7, 11) is 0. The number of rotatable bonds is 7. The van der Waals surface area contributed by atoms with Crippen LogP contribution in [0.2, 0.25) is 0 Å². The molecule has 8 nitrogen and oxygen atoms in total. The maximum Gasteiger partial charge on any atom is 0.237 e. The standard InChI is InChI=1S/C19H16F2N6O2S/c1-11-2-3-12(8-15(11)21)18-23-17(29-26-18)10-30-19-25-24-16(27(19)22)9-28-14-6-4-13(20)5-7-14/h2-8H,9-10,22H2,1H3. The predicted octanol–water partition coefficient (Wildman–Crippen LogP) is 3.50. The van der Waals surface area contributed by atoms with Gasteiger partial charge in [0.15, 0.2) is 5.82 Å². The number of benzene rings is 2. The van der Waals surface area contributed by atoms with E-state index in [1.807, 2.05) is 0 Å². The van der Waals surface area contributed by atoms with Gasteiger partial charge in [-0.3, -0.25) is 0 Å². The Kier molecular flexibility index (Phi) is 5.61. The van der Waals surface area contributed by atoms with Crippen LogP contribution in [0.5, 0.6) is 5.75 Å². The summed E-state index contributed by atoms with van der Waals surface area (Å²) in [5, 5.41) is 12.3. The number of aryl methyl sites for hydroxylation is 1. The van der Waals surface area contributed by atoms with Crippen molar-refractivity contribution in [2.24, 2.45) is 0 Å². The number of nitrogens with two attached hydrogens (primary N) is 1. The van der Waals surface area contributed by atoms with Crippen LogP contribution in [-0.2, 0) is 12.4 Å². The molecule has 11 heteroatoms. The zero-order chi connectivity index (χ0) is 21.1. The highest BCUT2D eigenvalue weighted by Crippen LogP contribution is 2.23. The number of hydrogen-bond acceptors (Lipinski definition) is 8. The first kappa shape index (κ1) is 19.8. The van der Waals surface area contributed by atoms with Gasteiger partial charge in [-0.1, -0.05) is 29.1 Å². The third kappa shape index (κ3) is 4.40. The Morgan fingerprint density at radius 1 is 1.13 bits per heavy atom. The summed E-state index contributed by atoms with van der Waals surface area (Å²) in [4.78, 5) is 4.27. The van der Waals surface area contributed by atoms with Crippen molar-refractivity contribution in [1.82, 2.24) is 25.0 Å². The molecule has 4 rings (SSSR count). The van der Waals surface area contributed by atoms with Gasteiger partial charge in [0.1, 0.15) is 24.0 Å². The highest BCUT2D eigenvalue weighted by atomic mass is 32.2. The molecule has 0 amide bonds. The van der Waals surface area contributed by atoms with Crippen molar-refractivity contribution >= 4 is 11.8 Å². The number of ether oxygens (including phenoxy) is 1. The first-order chi connectivity index (χ1) is 14.5. The Labute approximate surface area is 174 Å². The van der Waals surface area contributed by atoms with Gasteiger partial charge >= 0.3 is 0 Å². The average molecular weight is 430 g/mol. The zero-order valence-electron chi connectivity index (χ0n) is 15.7. The van der Waals surface area contributed by atoms with Gasteiger partial charge in [0.05, 0.1) is 5.75 Å². The minimum Gasteiger partial charge on any atom is -0.486 e. The molecule has 0 saturated carbocycles. The highest BCUT2D eigenvalue weighted by Gasteiger charge is 2.15. The lowest BCUT2D eigenvalue weighted by molar-refractivity contribution is 0.291. The average Bonchev–Trinajstić information content (AvgIpc) is 3.35. The molecule has 0 bridgehead atoms. The molecule has 0 spiro atoms. The molecular formula is C19H16F2N6O2S. The largest absolute Gasteiger partial charge is 0.486 e. The molecule has 0 aliphatic heterocycles. The van der Waals surface area contributed by atoms with E-state index in [0.29, 0.717) is 45.3 Å². The number of hydrogen-bond donors (Lipinski definition) is 1. The van der Waals surface area contributed by atoms with Crippen molar-refractivity contribution in [3.05, 3.63) is 71.4 Å². The fraction of sp³-hybridized carbons (Fsp3) is 0.158. The van der Waals surface area contributed by atoms with Crippen LogP contribution in [0.1, 0.15) is 17.3 Å². The summed E-state index contributed by atoms with van der Waals surface area (Å²) >= 11 is 1.25. The van der Waals surface area contributed by atoms with Crippen LogP contribution in [-0.4, -0.2) is 25.0 Å². The van der Waals surface area contributed by atoms with Crippen LogP contribution in [0.15, 0.2) is 52.1 Å². The van der Waals surface area contributed by atoms with Gasteiger partial charge in [0.25, 0.3) is 0 Å². The van der Waals surface area contributed by atoms with Crippen molar-refractivity contribution in [1.29, 1.82) is 0 Å². The smallest absolute Gasteiger partial charge is 0.237 e. The maximum atomic E-state index is 13.7. The Hall–Kier alpha value is -3.47. The first-order valence-electron chi connectivity index (χ1n) is 8.79. The lowest BCUT2D eigenvalue weighted by atomic mass is 10.1. The van der Waals surface area contributed by atoms with E-state index in [1.165, 1.54) is 46.8 Å². The molecule has 2 aromatic carbocycles. The number of halogens is 2. The van der Waals surface area contributed by atoms with Crippen LogP contribution in [0.4, 0.5) is 8.78 Å². The molecular weight excluding hydrogens is 414 g/mol. The van der Waals surface area contributed by atoms with Gasteiger partial charge in [-0.05, 0) is 42.8 Å². The third-order valence-corrected chi connectivity index (χ3v) is 5.07. The van der Waals surface area contributed by atoms with E-state index in [-0.39, 0.29) is 18.2 Å². The van der Waals surface area contributed by atoms with Gasteiger partial charge in [-0.25, -0.2) is 13.5 Å². The second-order valence-electron chi connectivity index (χ2n) is 6.28. The third-order valence-electron chi connectivity index (χ3n) is 4.14. The van der Waals surface area contributed by atoms with Gasteiger partial charge < -0.3 is 15.1 Å². The maximum absolute atomic E-state index is 13.7. The molecule has 4 aromatic rings. The Morgan fingerprint density at radius 3 is 2.70 bits per heavy atom. The highest BCUT2D eigenvalue weighted by molar-refractivity contribution is 7.98. The van der Waals surface area contributed by atoms with Gasteiger partial charge in [0.2, 0.25) is 16.9 Å². The topological polar surface area (TPSA) is 105 Å². The Bertz CT molecular complexity index is 1160. The minimum absolute atomic E-state index is 0.0688. The molecule has 2 N–H and O–H groups in total. The molecule has 0 radical (unpaired) electrons. The summed E-state index contributed by atoms with van der Waals surface area (Å²) in [5.74, 6) is 7.14. The molecule has 2 heterocycles. The van der Waals surface area contributed by atoms with E-state index in [1.54, 1.807) is 19.1 Å². The SMILES string of the molecule is Cc1ccc(-c2noc(CSc3nnc(COc4ccc(F)cc4)n3N)n2)cc1F. The Balaban J connectivity index is 1.37. The van der Waals surface area contributed by atoms with Gasteiger partial charge in [0, 0.05) is 5.56 Å². The minimum atomic E-state index is -0.347. The van der Waals surface area contributed by atoms with Crippen molar-refractivity contribution < 1.29 is 18.0 Å². The van der Waals surface area contributed by atoms with Crippen LogP contribution < -0.4 is 10.6 Å². The van der Waals surface area contributed by atoms with E-state index >= 15 is 0 Å². The van der Waals surface area contributed by atoms with Gasteiger partial charge in [-0.15, -0.1) is 10.2 Å². The molecule has 0 saturated heterocycles. The van der Waals surface area contributed by atoms with Crippen molar-refractivity contribution in [2.45, 2.75) is 24.4 Å². The molecule has 2 aromatic heterocycles. The van der Waals surface area contributed by atoms with Crippen LogP contribution >= 0.6 is 11.8 Å². The second-order valence-corrected chi connectivity index (χ2v) is 7.22. The van der Waals surface area contributed by atoms with E-state index in [2.05, 4.69) is 20.3 Å². The normalized spacial score (nSPS) is 11.0. The van der Waals surface area contributed by atoms with Crippen LogP contribution in [0, 0.1) is 18.6 Å². The van der Waals surface area contributed by atoms with Crippen molar-refractivity contribution in [3.63, 3.8) is 0 Å². The van der Waals surface area contributed by atoms with Gasteiger partial charge in [-0.2, -0.15) is 4.98 Å². The molecule has 154 valence electrons. The quantitative estimate of drug-likeness (QED) is 0.351. The number of thioether (sulfide) groups is 1. The number of nitrogen functional groups attached to an aromatic ring is 1. The molecule has 0 fully saturated rings. The summed E-state index contributed by atoms with van der Waals surface area (Å²) < 4.78 is 38.7. The van der Waals surface area contributed by atoms with E-state index < -0.39 is 0 Å². The monoisotopic (exact) mass is 430 g/mol. The second kappa shape index (κ2) is 8.49. The lowest BCUT2D eigenvalue weighted by Crippen LogP contribution is -2.15. The van der Waals surface area contributed by atoms with Crippen LogP contribution in [0.25, 0.3) is 11.4 Å². The first-order valence-corrected chi connectivity index (χ1v) is 9.78. The number of aromatic nitrogens is 5. The van der Waals surface area contributed by atoms with Crippen molar-refractivity contribution in [3.8, 4) is 17.1 Å². The van der Waals surface area contributed by atoms with E-state index in [0.717, 1.165) is 0 Å². The summed E-state index contributed by atoms with van der Waals surface area (Å²) in [6, 6.07) is 10.4.